The molecule has 14 heavy (non-hydrogen) atoms. The molecule has 1 saturated carbocycles. The zero-order chi connectivity index (χ0) is 10.0. The first kappa shape index (κ1) is 10.5. The van der Waals surface area contributed by atoms with Gasteiger partial charge in [-0.25, -0.2) is 0 Å². The van der Waals surface area contributed by atoms with Crippen molar-refractivity contribution >= 4 is 23.1 Å². The third-order valence-corrected chi connectivity index (χ3v) is 5.07. The molecule has 1 aliphatic carbocycles. The number of thioether (sulfide) groups is 1. The largest absolute Gasteiger partial charge is 0.394 e. The van der Waals surface area contributed by atoms with E-state index in [0.29, 0.717) is 5.92 Å². The molecule has 0 aromatic carbocycles. The van der Waals surface area contributed by atoms with Gasteiger partial charge in [0.15, 0.2) is 0 Å². The van der Waals surface area contributed by atoms with E-state index in [0.717, 1.165) is 5.75 Å². The summed E-state index contributed by atoms with van der Waals surface area (Å²) in [6, 6.07) is 4.14. The van der Waals surface area contributed by atoms with E-state index in [1.807, 2.05) is 6.07 Å². The maximum atomic E-state index is 9.29. The van der Waals surface area contributed by atoms with Gasteiger partial charge >= 0.3 is 0 Å². The molecule has 1 fully saturated rings. The van der Waals surface area contributed by atoms with Crippen molar-refractivity contribution in [3.05, 3.63) is 17.5 Å². The van der Waals surface area contributed by atoms with Crippen LogP contribution >= 0.6 is 23.1 Å². The minimum Gasteiger partial charge on any atom is -0.394 e. The fraction of sp³-hybridized carbons (Fsp3) is 0.600. The molecule has 0 saturated heterocycles. The van der Waals surface area contributed by atoms with E-state index in [1.165, 1.54) is 17.1 Å². The number of nitrogens with two attached hydrogens (primary N) is 1. The minimum absolute atomic E-state index is 0.107. The molecule has 0 amide bonds. The molecule has 3 N–H and O–H groups in total. The summed E-state index contributed by atoms with van der Waals surface area (Å²) < 4.78 is 1.29. The Kier molecular flexibility index (Phi) is 3.17. The van der Waals surface area contributed by atoms with Crippen LogP contribution in [0.1, 0.15) is 12.8 Å². The van der Waals surface area contributed by atoms with Crippen molar-refractivity contribution < 1.29 is 5.11 Å². The molecule has 2 rings (SSSR count). The lowest BCUT2D eigenvalue weighted by Crippen LogP contribution is -2.48. The molecule has 4 heteroatoms. The molecule has 0 bridgehead atoms. The smallest absolute Gasteiger partial charge is 0.0622 e. The standard InChI is InChI=1S/C10H15NOS2/c11-10(6-12,8-3-4-8)7-14-9-2-1-5-13-9/h1-2,5,8,12H,3-4,6-7,11H2. The molecular formula is C10H15NOS2. The van der Waals surface area contributed by atoms with Crippen molar-refractivity contribution in [2.75, 3.05) is 12.4 Å². The Hall–Kier alpha value is -0.0300. The van der Waals surface area contributed by atoms with Gasteiger partial charge in [0.1, 0.15) is 0 Å². The number of hydrogen-bond donors (Lipinski definition) is 2. The topological polar surface area (TPSA) is 46.2 Å². The number of aliphatic hydroxyl groups is 1. The highest BCUT2D eigenvalue weighted by Crippen LogP contribution is 2.41. The third kappa shape index (κ3) is 2.31. The van der Waals surface area contributed by atoms with Gasteiger partial charge in [-0.3, -0.25) is 0 Å². The van der Waals surface area contributed by atoms with Crippen molar-refractivity contribution in [2.24, 2.45) is 11.7 Å². The van der Waals surface area contributed by atoms with Gasteiger partial charge in [-0.15, -0.1) is 23.1 Å². The van der Waals surface area contributed by atoms with E-state index >= 15 is 0 Å². The van der Waals surface area contributed by atoms with E-state index < -0.39 is 0 Å². The van der Waals surface area contributed by atoms with Crippen LogP contribution in [0.5, 0.6) is 0 Å². The molecule has 0 spiro atoms. The summed E-state index contributed by atoms with van der Waals surface area (Å²) in [5.41, 5.74) is 5.80. The van der Waals surface area contributed by atoms with Gasteiger partial charge in [0.05, 0.1) is 16.4 Å². The number of aliphatic hydroxyl groups excluding tert-OH is 1. The molecular weight excluding hydrogens is 214 g/mol. The lowest BCUT2D eigenvalue weighted by Gasteiger charge is -2.26. The van der Waals surface area contributed by atoms with E-state index in [4.69, 9.17) is 5.73 Å². The predicted octanol–water partition coefficient (Wildman–Crippen LogP) is 1.94. The second kappa shape index (κ2) is 4.23. The summed E-state index contributed by atoms with van der Waals surface area (Å²) in [5, 5.41) is 11.4. The van der Waals surface area contributed by atoms with Gasteiger partial charge < -0.3 is 10.8 Å². The Morgan fingerprint density at radius 1 is 1.64 bits per heavy atom. The molecule has 1 aliphatic rings. The van der Waals surface area contributed by atoms with Crippen LogP contribution in [-0.4, -0.2) is 23.0 Å². The molecule has 1 aromatic rings. The zero-order valence-corrected chi connectivity index (χ0v) is 9.61. The SMILES string of the molecule is NC(CO)(CSc1cccs1)C1CC1. The second-order valence-electron chi connectivity index (χ2n) is 3.89. The van der Waals surface area contributed by atoms with Crippen LogP contribution in [-0.2, 0) is 0 Å². The third-order valence-electron chi connectivity index (χ3n) is 2.66. The van der Waals surface area contributed by atoms with E-state index in [1.54, 1.807) is 23.1 Å². The maximum absolute atomic E-state index is 9.29. The average Bonchev–Trinajstić information content (AvgIpc) is 2.94. The Labute approximate surface area is 92.5 Å². The predicted molar refractivity (Wildman–Crippen MR) is 61.8 cm³/mol. The molecule has 1 aromatic heterocycles. The Morgan fingerprint density at radius 2 is 2.43 bits per heavy atom. The zero-order valence-electron chi connectivity index (χ0n) is 7.98. The Morgan fingerprint density at radius 3 is 2.93 bits per heavy atom. The summed E-state index contributed by atoms with van der Waals surface area (Å²) >= 11 is 3.49. The van der Waals surface area contributed by atoms with Gasteiger partial charge in [0.25, 0.3) is 0 Å². The van der Waals surface area contributed by atoms with Gasteiger partial charge in [-0.1, -0.05) is 6.07 Å². The Bertz CT molecular complexity index is 284. The molecule has 0 aliphatic heterocycles. The highest BCUT2D eigenvalue weighted by atomic mass is 32.2. The molecule has 1 atom stereocenters. The fourth-order valence-corrected chi connectivity index (χ4v) is 3.48. The molecule has 1 unspecified atom stereocenters. The van der Waals surface area contributed by atoms with Crippen LogP contribution in [0.4, 0.5) is 0 Å². The maximum Gasteiger partial charge on any atom is 0.0622 e. The van der Waals surface area contributed by atoms with Crippen LogP contribution in [0.2, 0.25) is 0 Å². The van der Waals surface area contributed by atoms with Crippen molar-refractivity contribution in [1.29, 1.82) is 0 Å². The van der Waals surface area contributed by atoms with E-state index in [2.05, 4.69) is 11.4 Å². The highest BCUT2D eigenvalue weighted by molar-refractivity contribution is 8.01. The van der Waals surface area contributed by atoms with Gasteiger partial charge in [-0.05, 0) is 30.2 Å². The molecule has 2 nitrogen and oxygen atoms in total. The van der Waals surface area contributed by atoms with Crippen molar-refractivity contribution in [1.82, 2.24) is 0 Å². The first-order chi connectivity index (χ1) is 6.74. The van der Waals surface area contributed by atoms with E-state index in [-0.39, 0.29) is 12.1 Å². The second-order valence-corrected chi connectivity index (χ2v) is 6.11. The monoisotopic (exact) mass is 229 g/mol. The minimum atomic E-state index is -0.353. The number of hydrogen-bond acceptors (Lipinski definition) is 4. The lowest BCUT2D eigenvalue weighted by atomic mass is 9.99. The molecule has 1 heterocycles. The Balaban J connectivity index is 1.89. The fourth-order valence-electron chi connectivity index (χ4n) is 1.50. The van der Waals surface area contributed by atoms with E-state index in [9.17, 15) is 5.11 Å². The van der Waals surface area contributed by atoms with Crippen LogP contribution in [0.3, 0.4) is 0 Å². The van der Waals surface area contributed by atoms with Crippen molar-refractivity contribution in [2.45, 2.75) is 22.6 Å². The van der Waals surface area contributed by atoms with Crippen LogP contribution < -0.4 is 5.73 Å². The van der Waals surface area contributed by atoms with Gasteiger partial charge in [-0.2, -0.15) is 0 Å². The average molecular weight is 229 g/mol. The number of thiophene rings is 1. The summed E-state index contributed by atoms with van der Waals surface area (Å²) in [6.45, 7) is 0.107. The molecule has 0 radical (unpaired) electrons. The van der Waals surface area contributed by atoms with Crippen molar-refractivity contribution in [3.63, 3.8) is 0 Å². The van der Waals surface area contributed by atoms with Crippen LogP contribution in [0.25, 0.3) is 0 Å². The summed E-state index contributed by atoms with van der Waals surface area (Å²) in [6.07, 6.45) is 2.37. The normalized spacial score (nSPS) is 20.7. The van der Waals surface area contributed by atoms with Crippen LogP contribution in [0.15, 0.2) is 21.7 Å². The quantitative estimate of drug-likeness (QED) is 0.759. The summed E-state index contributed by atoms with van der Waals surface area (Å²) in [4.78, 5) is 0. The first-order valence-electron chi connectivity index (χ1n) is 4.81. The summed E-state index contributed by atoms with van der Waals surface area (Å²) in [5.74, 6) is 1.37. The first-order valence-corrected chi connectivity index (χ1v) is 6.67. The van der Waals surface area contributed by atoms with Gasteiger partial charge in [0.2, 0.25) is 0 Å². The van der Waals surface area contributed by atoms with Crippen LogP contribution in [0, 0.1) is 5.92 Å². The highest BCUT2D eigenvalue weighted by Gasteiger charge is 2.41. The number of rotatable bonds is 5. The lowest BCUT2D eigenvalue weighted by molar-refractivity contribution is 0.194. The van der Waals surface area contributed by atoms with Gasteiger partial charge in [0, 0.05) is 5.75 Å². The van der Waals surface area contributed by atoms with Crippen molar-refractivity contribution in [3.8, 4) is 0 Å². The molecule has 78 valence electrons. The summed E-state index contributed by atoms with van der Waals surface area (Å²) in [7, 11) is 0.